The van der Waals surface area contributed by atoms with Crippen LogP contribution in [0.5, 0.6) is 5.75 Å². The lowest BCUT2D eigenvalue weighted by Gasteiger charge is -2.28. The number of benzene rings is 1. The molecule has 96 valence electrons. The summed E-state index contributed by atoms with van der Waals surface area (Å²) in [4.78, 5) is 1.92. The summed E-state index contributed by atoms with van der Waals surface area (Å²) in [7, 11) is 1.61. The van der Waals surface area contributed by atoms with Crippen molar-refractivity contribution in [1.29, 1.82) is 0 Å². The smallest absolute Gasteiger partial charge is 0.142 e. The summed E-state index contributed by atoms with van der Waals surface area (Å²) in [6.45, 7) is 4.38. The van der Waals surface area contributed by atoms with Crippen molar-refractivity contribution >= 4 is 5.69 Å². The molecule has 0 aromatic heterocycles. The van der Waals surface area contributed by atoms with Crippen molar-refractivity contribution < 1.29 is 14.9 Å². The van der Waals surface area contributed by atoms with Crippen LogP contribution in [0.2, 0.25) is 0 Å². The van der Waals surface area contributed by atoms with E-state index in [0.29, 0.717) is 13.1 Å². The molecule has 4 nitrogen and oxygen atoms in total. The Bertz CT molecular complexity index is 329. The van der Waals surface area contributed by atoms with Crippen molar-refractivity contribution in [3.05, 3.63) is 24.3 Å². The molecule has 0 unspecified atom stereocenters. The van der Waals surface area contributed by atoms with Gasteiger partial charge in [0, 0.05) is 13.1 Å². The van der Waals surface area contributed by atoms with Gasteiger partial charge in [-0.3, -0.25) is 0 Å². The Labute approximate surface area is 102 Å². The predicted octanol–water partition coefficient (Wildman–Crippen LogP) is 1.26. The summed E-state index contributed by atoms with van der Waals surface area (Å²) in [6, 6.07) is 7.59. The lowest BCUT2D eigenvalue weighted by molar-refractivity contribution is 0.178. The molecule has 0 aliphatic rings. The van der Waals surface area contributed by atoms with Gasteiger partial charge in [0.1, 0.15) is 5.75 Å². The topological polar surface area (TPSA) is 52.9 Å². The van der Waals surface area contributed by atoms with E-state index in [1.165, 1.54) is 0 Å². The zero-order valence-corrected chi connectivity index (χ0v) is 10.6. The van der Waals surface area contributed by atoms with E-state index < -0.39 is 12.2 Å². The second kappa shape index (κ2) is 6.47. The molecule has 0 heterocycles. The Kier molecular flexibility index (Phi) is 5.25. The number of aliphatic hydroxyl groups is 2. The number of rotatable bonds is 6. The van der Waals surface area contributed by atoms with Crippen LogP contribution in [-0.4, -0.2) is 42.6 Å². The van der Waals surface area contributed by atoms with Crippen LogP contribution in [0.25, 0.3) is 0 Å². The molecule has 2 atom stereocenters. The van der Waals surface area contributed by atoms with Crippen molar-refractivity contribution in [1.82, 2.24) is 0 Å². The van der Waals surface area contributed by atoms with Crippen LogP contribution in [0.1, 0.15) is 13.8 Å². The molecule has 1 rings (SSSR count). The maximum Gasteiger partial charge on any atom is 0.142 e. The number of hydrogen-bond donors (Lipinski definition) is 2. The zero-order chi connectivity index (χ0) is 12.8. The molecule has 1 aromatic carbocycles. The monoisotopic (exact) mass is 239 g/mol. The van der Waals surface area contributed by atoms with Crippen molar-refractivity contribution in [2.24, 2.45) is 0 Å². The van der Waals surface area contributed by atoms with Crippen molar-refractivity contribution in [3.63, 3.8) is 0 Å². The number of aliphatic hydroxyl groups excluding tert-OH is 2. The number of ether oxygens (including phenoxy) is 1. The molecule has 0 saturated carbocycles. The second-order valence-electron chi connectivity index (χ2n) is 4.27. The van der Waals surface area contributed by atoms with Crippen molar-refractivity contribution in [2.45, 2.75) is 26.1 Å². The first-order valence-electron chi connectivity index (χ1n) is 5.78. The molecule has 4 heteroatoms. The van der Waals surface area contributed by atoms with E-state index in [4.69, 9.17) is 4.74 Å². The van der Waals surface area contributed by atoms with Gasteiger partial charge in [-0.15, -0.1) is 0 Å². The summed E-state index contributed by atoms with van der Waals surface area (Å²) >= 11 is 0. The highest BCUT2D eigenvalue weighted by molar-refractivity contribution is 5.58. The summed E-state index contributed by atoms with van der Waals surface area (Å²) < 4.78 is 5.28. The standard InChI is InChI=1S/C13H21NO3/c1-10(15)8-14(9-11(2)16)12-6-4-5-7-13(12)17-3/h4-7,10-11,15-16H,8-9H2,1-3H3/t10-,11+. The minimum atomic E-state index is -0.460. The number of methoxy groups -OCH3 is 1. The van der Waals surface area contributed by atoms with E-state index in [9.17, 15) is 10.2 Å². The fraction of sp³-hybridized carbons (Fsp3) is 0.538. The van der Waals surface area contributed by atoms with E-state index in [-0.39, 0.29) is 0 Å². The molecule has 0 saturated heterocycles. The van der Waals surface area contributed by atoms with Crippen molar-refractivity contribution in [2.75, 3.05) is 25.1 Å². The number of anilines is 1. The highest BCUT2D eigenvalue weighted by atomic mass is 16.5. The van der Waals surface area contributed by atoms with Gasteiger partial charge in [0.2, 0.25) is 0 Å². The quantitative estimate of drug-likeness (QED) is 0.785. The Morgan fingerprint density at radius 1 is 1.12 bits per heavy atom. The van der Waals surface area contributed by atoms with Crippen LogP contribution in [-0.2, 0) is 0 Å². The number of nitrogens with zero attached hydrogens (tertiary/aromatic N) is 1. The Hall–Kier alpha value is -1.26. The van der Waals surface area contributed by atoms with Crippen LogP contribution in [0.3, 0.4) is 0 Å². The van der Waals surface area contributed by atoms with Crippen molar-refractivity contribution in [3.8, 4) is 5.75 Å². The van der Waals surface area contributed by atoms with Crippen LogP contribution < -0.4 is 9.64 Å². The lowest BCUT2D eigenvalue weighted by atomic mass is 10.2. The molecule has 0 aliphatic heterocycles. The van der Waals surface area contributed by atoms with Gasteiger partial charge >= 0.3 is 0 Å². The molecular weight excluding hydrogens is 218 g/mol. The summed E-state index contributed by atoms with van der Waals surface area (Å²) in [6.07, 6.45) is -0.919. The van der Waals surface area contributed by atoms with Gasteiger partial charge in [0.15, 0.2) is 0 Å². The maximum absolute atomic E-state index is 9.50. The summed E-state index contributed by atoms with van der Waals surface area (Å²) in [5.74, 6) is 0.744. The summed E-state index contributed by atoms with van der Waals surface area (Å²) in [5, 5.41) is 19.0. The second-order valence-corrected chi connectivity index (χ2v) is 4.27. The van der Waals surface area contributed by atoms with E-state index in [0.717, 1.165) is 11.4 Å². The van der Waals surface area contributed by atoms with Gasteiger partial charge in [0.05, 0.1) is 25.0 Å². The highest BCUT2D eigenvalue weighted by Crippen LogP contribution is 2.27. The Morgan fingerprint density at radius 3 is 2.12 bits per heavy atom. The third kappa shape index (κ3) is 4.24. The highest BCUT2D eigenvalue weighted by Gasteiger charge is 2.15. The average Bonchev–Trinajstić information content (AvgIpc) is 2.27. The molecule has 0 spiro atoms. The van der Waals surface area contributed by atoms with Gasteiger partial charge in [-0.1, -0.05) is 12.1 Å². The van der Waals surface area contributed by atoms with Crippen LogP contribution in [0, 0.1) is 0 Å². The van der Waals surface area contributed by atoms with Gasteiger partial charge in [-0.2, -0.15) is 0 Å². The molecule has 0 radical (unpaired) electrons. The largest absolute Gasteiger partial charge is 0.495 e. The normalized spacial score (nSPS) is 14.2. The van der Waals surface area contributed by atoms with E-state index in [1.807, 2.05) is 29.2 Å². The number of para-hydroxylation sites is 2. The number of hydrogen-bond acceptors (Lipinski definition) is 4. The zero-order valence-electron chi connectivity index (χ0n) is 10.6. The van der Waals surface area contributed by atoms with Gasteiger partial charge in [0.25, 0.3) is 0 Å². The fourth-order valence-corrected chi connectivity index (χ4v) is 1.80. The van der Waals surface area contributed by atoms with Crippen LogP contribution in [0.15, 0.2) is 24.3 Å². The SMILES string of the molecule is COc1ccccc1N(C[C@H](C)O)C[C@@H](C)O. The minimum absolute atomic E-state index is 0.460. The molecule has 0 fully saturated rings. The molecule has 0 aliphatic carbocycles. The van der Waals surface area contributed by atoms with Gasteiger partial charge in [-0.25, -0.2) is 0 Å². The van der Waals surface area contributed by atoms with Gasteiger partial charge < -0.3 is 19.8 Å². The van der Waals surface area contributed by atoms with E-state index in [2.05, 4.69) is 0 Å². The first-order valence-corrected chi connectivity index (χ1v) is 5.78. The third-order valence-electron chi connectivity index (χ3n) is 2.40. The van der Waals surface area contributed by atoms with E-state index in [1.54, 1.807) is 21.0 Å². The van der Waals surface area contributed by atoms with Crippen LogP contribution in [0.4, 0.5) is 5.69 Å². The predicted molar refractivity (Wildman–Crippen MR) is 68.6 cm³/mol. The van der Waals surface area contributed by atoms with Crippen LogP contribution >= 0.6 is 0 Å². The molecule has 1 aromatic rings. The Balaban J connectivity index is 2.94. The Morgan fingerprint density at radius 2 is 1.65 bits per heavy atom. The molecular formula is C13H21NO3. The first-order chi connectivity index (χ1) is 8.04. The molecule has 17 heavy (non-hydrogen) atoms. The van der Waals surface area contributed by atoms with E-state index >= 15 is 0 Å². The molecule has 2 N–H and O–H groups in total. The third-order valence-corrected chi connectivity index (χ3v) is 2.40. The lowest BCUT2D eigenvalue weighted by Crippen LogP contribution is -2.36. The minimum Gasteiger partial charge on any atom is -0.495 e. The molecule has 0 bridgehead atoms. The maximum atomic E-state index is 9.50. The fourth-order valence-electron chi connectivity index (χ4n) is 1.80. The average molecular weight is 239 g/mol. The summed E-state index contributed by atoms with van der Waals surface area (Å²) in [5.41, 5.74) is 0.886. The molecule has 0 amide bonds. The first kappa shape index (κ1) is 13.8. The van der Waals surface area contributed by atoms with Gasteiger partial charge in [-0.05, 0) is 26.0 Å².